The minimum absolute atomic E-state index is 0.00343. The lowest BCUT2D eigenvalue weighted by molar-refractivity contribution is -0.141. The number of unbranched alkanes of at least 4 members (excludes halogenated alkanes) is 1. The molecular weight excluding hydrogens is 870 g/mol. The number of hydrogen-bond acceptors (Lipinski definition) is 11. The van der Waals surface area contributed by atoms with Crippen LogP contribution in [0.15, 0.2) is 84.9 Å². The highest BCUT2D eigenvalue weighted by atomic mass is 35.5. The number of nitrogens with one attached hydrogen (secondary N) is 5. The van der Waals surface area contributed by atoms with E-state index in [0.717, 1.165) is 11.1 Å². The summed E-state index contributed by atoms with van der Waals surface area (Å²) >= 11 is 6.06. The third-order valence-corrected chi connectivity index (χ3v) is 11.4. The Hall–Kier alpha value is -6.82. The number of phenolic OH excluding ortho intramolecular Hbond substituents is 1. The van der Waals surface area contributed by atoms with Crippen LogP contribution in [0.1, 0.15) is 67.6 Å². The topological polar surface area (TPSA) is 259 Å². The lowest BCUT2D eigenvalue weighted by Gasteiger charge is -2.32. The van der Waals surface area contributed by atoms with Gasteiger partial charge in [0.25, 0.3) is 5.91 Å². The normalized spacial score (nSPS) is 16.9. The minimum Gasteiger partial charge on any atom is -0.507 e. The number of fused-ring (bicyclic) bond motifs is 5. The maximum atomic E-state index is 14.7. The maximum absolute atomic E-state index is 14.7. The largest absolute Gasteiger partial charge is 0.507 e. The molecule has 0 saturated heterocycles. The summed E-state index contributed by atoms with van der Waals surface area (Å²) in [6, 6.07) is 17.3. The summed E-state index contributed by atoms with van der Waals surface area (Å²) < 4.78 is 6.10. The number of ketones is 1. The molecule has 4 aromatic carbocycles. The van der Waals surface area contributed by atoms with Gasteiger partial charge in [-0.25, -0.2) is 0 Å². The van der Waals surface area contributed by atoms with Crippen molar-refractivity contribution in [2.45, 2.75) is 76.7 Å². The predicted molar refractivity (Wildman–Crippen MR) is 248 cm³/mol. The molecule has 5 amide bonds. The molecule has 5 atom stereocenters. The second-order valence-corrected chi connectivity index (χ2v) is 16.5. The summed E-state index contributed by atoms with van der Waals surface area (Å²) in [4.78, 5) is 94.9. The Morgan fingerprint density at radius 3 is 2.23 bits per heavy atom. The summed E-state index contributed by atoms with van der Waals surface area (Å²) in [6.45, 7) is 4.39. The van der Waals surface area contributed by atoms with E-state index in [9.17, 15) is 38.7 Å². The second-order valence-electron chi connectivity index (χ2n) is 16.1. The second kappa shape index (κ2) is 23.4. The van der Waals surface area contributed by atoms with E-state index in [0.29, 0.717) is 30.0 Å². The number of carboxylic acid groups (broad SMARTS) is 1. The van der Waals surface area contributed by atoms with Crippen LogP contribution >= 0.6 is 11.6 Å². The molecule has 66 heavy (non-hydrogen) atoms. The summed E-state index contributed by atoms with van der Waals surface area (Å²) in [5.41, 5.74) is 9.03. The van der Waals surface area contributed by atoms with E-state index in [4.69, 9.17) is 27.2 Å². The molecule has 0 saturated carbocycles. The quantitative estimate of drug-likeness (QED) is 0.0668. The van der Waals surface area contributed by atoms with Crippen LogP contribution in [0.5, 0.6) is 11.5 Å². The number of nitrogens with two attached hydrogens (primary N) is 1. The van der Waals surface area contributed by atoms with Gasteiger partial charge in [-0.2, -0.15) is 0 Å². The van der Waals surface area contributed by atoms with Gasteiger partial charge in [-0.1, -0.05) is 48.0 Å². The van der Waals surface area contributed by atoms with E-state index in [-0.39, 0.29) is 72.1 Å². The zero-order valence-corrected chi connectivity index (χ0v) is 37.9. The van der Waals surface area contributed by atoms with Gasteiger partial charge in [0.1, 0.15) is 42.3 Å². The fourth-order valence-corrected chi connectivity index (χ4v) is 7.42. The molecule has 1 aliphatic rings. The van der Waals surface area contributed by atoms with Crippen LogP contribution in [0.3, 0.4) is 0 Å². The number of carboxylic acids is 1. The lowest BCUT2D eigenvalue weighted by atomic mass is 9.93. The molecule has 350 valence electrons. The molecule has 17 nitrogen and oxygen atoms in total. The maximum Gasteiger partial charge on any atom is 0.317 e. The molecule has 5 rings (SSSR count). The fourth-order valence-electron chi connectivity index (χ4n) is 7.30. The van der Waals surface area contributed by atoms with Gasteiger partial charge in [-0.05, 0) is 117 Å². The molecule has 0 aliphatic carbocycles. The molecular formula is C48H56ClN7O10. The van der Waals surface area contributed by atoms with Crippen molar-refractivity contribution in [3.05, 3.63) is 107 Å². The fraction of sp³-hybridized carbons (Fsp3) is 0.354. The molecule has 1 aliphatic heterocycles. The van der Waals surface area contributed by atoms with Gasteiger partial charge < -0.3 is 52.2 Å². The van der Waals surface area contributed by atoms with E-state index >= 15 is 0 Å². The Labute approximate surface area is 387 Å². The molecule has 0 spiro atoms. The van der Waals surface area contributed by atoms with Gasteiger partial charge in [0.15, 0.2) is 5.78 Å². The van der Waals surface area contributed by atoms with Gasteiger partial charge >= 0.3 is 5.97 Å². The number of halogens is 1. The summed E-state index contributed by atoms with van der Waals surface area (Å²) in [7, 11) is 1.40. The van der Waals surface area contributed by atoms with E-state index in [2.05, 4.69) is 26.6 Å². The zero-order valence-electron chi connectivity index (χ0n) is 37.2. The van der Waals surface area contributed by atoms with Crippen LogP contribution in [0, 0.1) is 0 Å². The Morgan fingerprint density at radius 1 is 0.894 bits per heavy atom. The zero-order chi connectivity index (χ0) is 48.1. The van der Waals surface area contributed by atoms with Crippen LogP contribution in [-0.4, -0.2) is 114 Å². The van der Waals surface area contributed by atoms with Crippen molar-refractivity contribution in [1.82, 2.24) is 31.5 Å². The van der Waals surface area contributed by atoms with Gasteiger partial charge in [0.2, 0.25) is 23.6 Å². The Kier molecular flexibility index (Phi) is 17.8. The number of aromatic hydroxyl groups is 1. The number of carbonyl (C=O) groups is 7. The number of amides is 5. The first kappa shape index (κ1) is 50.2. The van der Waals surface area contributed by atoms with Crippen molar-refractivity contribution >= 4 is 52.9 Å². The van der Waals surface area contributed by atoms with E-state index < -0.39 is 65.7 Å². The van der Waals surface area contributed by atoms with Crippen LogP contribution in [0.4, 0.5) is 0 Å². The first-order chi connectivity index (χ1) is 31.5. The minimum atomic E-state index is -1.45. The van der Waals surface area contributed by atoms with Gasteiger partial charge in [-0.15, -0.1) is 0 Å². The van der Waals surface area contributed by atoms with Gasteiger partial charge in [0, 0.05) is 41.7 Å². The third kappa shape index (κ3) is 13.4. The number of benzene rings is 4. The number of ether oxygens (including phenoxy) is 1. The van der Waals surface area contributed by atoms with Crippen molar-refractivity contribution in [3.63, 3.8) is 0 Å². The molecule has 9 N–H and O–H groups in total. The summed E-state index contributed by atoms with van der Waals surface area (Å²) in [6.07, 6.45) is 1.08. The van der Waals surface area contributed by atoms with Gasteiger partial charge in [0.05, 0.1) is 12.6 Å². The number of hydrogen-bond donors (Lipinski definition) is 8. The van der Waals surface area contributed by atoms with Crippen LogP contribution in [0.2, 0.25) is 5.02 Å². The Bertz CT molecular complexity index is 2410. The van der Waals surface area contributed by atoms with Crippen LogP contribution < -0.4 is 37.1 Å². The number of nitrogens with zero attached hydrogens (tertiary/aromatic N) is 1. The Balaban J connectivity index is 1.55. The van der Waals surface area contributed by atoms with Crippen molar-refractivity contribution in [2.24, 2.45) is 5.73 Å². The molecule has 0 aromatic heterocycles. The number of rotatable bonds is 18. The molecule has 4 aromatic rings. The smallest absolute Gasteiger partial charge is 0.317 e. The van der Waals surface area contributed by atoms with E-state index in [1.54, 1.807) is 66.7 Å². The Morgan fingerprint density at radius 2 is 1.58 bits per heavy atom. The highest BCUT2D eigenvalue weighted by Crippen LogP contribution is 2.39. The summed E-state index contributed by atoms with van der Waals surface area (Å²) in [5, 5.41) is 34.6. The third-order valence-electron chi connectivity index (χ3n) is 11.1. The van der Waals surface area contributed by atoms with Crippen molar-refractivity contribution in [3.8, 4) is 33.8 Å². The summed E-state index contributed by atoms with van der Waals surface area (Å²) in [5.74, 6) is -4.74. The van der Waals surface area contributed by atoms with E-state index in [1.807, 2.05) is 12.1 Å². The number of aliphatic carboxylic acids is 1. The van der Waals surface area contributed by atoms with Gasteiger partial charge in [-0.3, -0.25) is 33.6 Å². The first-order valence-corrected chi connectivity index (χ1v) is 21.9. The number of phenols is 1. The SMILES string of the molecule is CC(=O)C(C)NC(=O)C1Cc2ccc(O)c(c2)-c2cc(ccc2OCCNCC(=O)O)C(N(C)C(=O)C(CCCCN)NC(=O)c2ccc(-c3ccc(Cl)cc3)cc2)C(=O)NC(C)C(=O)N1. The van der Waals surface area contributed by atoms with Crippen molar-refractivity contribution < 1.29 is 48.5 Å². The van der Waals surface area contributed by atoms with E-state index in [1.165, 1.54) is 38.8 Å². The standard InChI is InChI=1S/C48H56ClN7O10/c1-27(29(3)57)52-46(63)39-24-30-8-18-40(58)36(23-30)37-25-34(15-19-41(37)66-22-21-51-26-42(59)60)43(47(64)53-28(2)44(61)55-39)56(4)48(65)38(7-5-6-20-50)54-45(62)33-11-9-31(10-12-33)32-13-16-35(49)17-14-32/h8-19,23,25,27-28,38-39,43,51,58H,5-7,20-22,24,26,50H2,1-4H3,(H,52,63)(H,53,64)(H,54,62)(H,55,61)(H,59,60). The van der Waals surface area contributed by atoms with Crippen molar-refractivity contribution in [2.75, 3.05) is 33.3 Å². The first-order valence-electron chi connectivity index (χ1n) is 21.5. The molecule has 1 heterocycles. The number of likely N-dealkylation sites (N-methyl/N-ethyl adjacent to an activating group) is 1. The highest BCUT2D eigenvalue weighted by Gasteiger charge is 2.36. The molecule has 4 bridgehead atoms. The number of Topliss-reactive ketones (excluding diaryl/α,β-unsaturated/α-hetero) is 1. The highest BCUT2D eigenvalue weighted by molar-refractivity contribution is 6.30. The van der Waals surface area contributed by atoms with Crippen LogP contribution in [0.25, 0.3) is 22.3 Å². The average molecular weight is 926 g/mol. The average Bonchev–Trinajstić information content (AvgIpc) is 3.28. The lowest BCUT2D eigenvalue weighted by Crippen LogP contribution is -2.56. The molecule has 18 heteroatoms. The van der Waals surface area contributed by atoms with Crippen LogP contribution in [-0.2, 0) is 35.2 Å². The molecule has 5 unspecified atom stereocenters. The molecule has 0 fully saturated rings. The number of carbonyl (C=O) groups excluding carboxylic acids is 6. The molecule has 0 radical (unpaired) electrons. The van der Waals surface area contributed by atoms with Crippen molar-refractivity contribution in [1.29, 1.82) is 0 Å². The predicted octanol–water partition coefficient (Wildman–Crippen LogP) is 3.50. The monoisotopic (exact) mass is 925 g/mol.